The molecule has 170 valence electrons. The van der Waals surface area contributed by atoms with Crippen LogP contribution in [0.15, 0.2) is 47.5 Å². The van der Waals surface area contributed by atoms with Crippen LogP contribution in [-0.4, -0.2) is 61.8 Å². The number of likely N-dealkylation sites (tertiary alicyclic amines) is 1. The van der Waals surface area contributed by atoms with Crippen molar-refractivity contribution < 1.29 is 13.6 Å². The Morgan fingerprint density at radius 2 is 2.06 bits per heavy atom. The van der Waals surface area contributed by atoms with Gasteiger partial charge in [-0.1, -0.05) is 12.1 Å². The first-order valence-corrected chi connectivity index (χ1v) is 10.9. The molecule has 0 saturated carbocycles. The molecule has 1 aliphatic heterocycles. The number of nitrogens with zero attached hydrogens (tertiary/aromatic N) is 6. The fraction of sp³-hybridized carbons (Fsp3) is 0.348. The Hall–Kier alpha value is -3.66. The van der Waals surface area contributed by atoms with E-state index in [1.54, 1.807) is 17.1 Å². The summed E-state index contributed by atoms with van der Waals surface area (Å²) in [5.74, 6) is 0.438. The number of carbonyl (C=O) groups is 1. The molecule has 0 aliphatic carbocycles. The second kappa shape index (κ2) is 9.07. The van der Waals surface area contributed by atoms with Crippen LogP contribution in [0.4, 0.5) is 10.3 Å². The monoisotopic (exact) mass is 449 g/mol. The highest BCUT2D eigenvalue weighted by Gasteiger charge is 2.25. The van der Waals surface area contributed by atoms with Gasteiger partial charge in [0.05, 0.1) is 11.7 Å². The first kappa shape index (κ1) is 21.2. The number of hydrogen-bond donors (Lipinski definition) is 1. The van der Waals surface area contributed by atoms with Crippen molar-refractivity contribution in [1.29, 1.82) is 0 Å². The lowest BCUT2D eigenvalue weighted by Gasteiger charge is -2.29. The number of nitrogens with one attached hydrogen (secondary N) is 1. The first-order chi connectivity index (χ1) is 16.1. The molecule has 5 rings (SSSR count). The van der Waals surface area contributed by atoms with Gasteiger partial charge < -0.3 is 9.32 Å². The zero-order chi connectivity index (χ0) is 22.8. The highest BCUT2D eigenvalue weighted by atomic mass is 19.1. The SMILES string of the molecule is Cn1cc(-c2ccc3cnc(NC(=O)c4coc(C5CCN(CCF)CC5)n4)nc3c2)cn1. The maximum Gasteiger partial charge on any atom is 0.279 e. The van der Waals surface area contributed by atoms with Crippen LogP contribution in [0.1, 0.15) is 35.1 Å². The average molecular weight is 449 g/mol. The summed E-state index contributed by atoms with van der Waals surface area (Å²) in [5, 5.41) is 7.77. The minimum atomic E-state index is -0.428. The molecule has 0 spiro atoms. The number of rotatable bonds is 6. The van der Waals surface area contributed by atoms with Crippen molar-refractivity contribution in [2.24, 2.45) is 7.05 Å². The van der Waals surface area contributed by atoms with Crippen molar-refractivity contribution in [2.45, 2.75) is 18.8 Å². The summed E-state index contributed by atoms with van der Waals surface area (Å²) in [4.78, 5) is 27.9. The summed E-state index contributed by atoms with van der Waals surface area (Å²) < 4.78 is 19.8. The minimum Gasteiger partial charge on any atom is -0.448 e. The molecule has 0 radical (unpaired) electrons. The Bertz CT molecular complexity index is 1280. The zero-order valence-corrected chi connectivity index (χ0v) is 18.2. The molecule has 0 unspecified atom stereocenters. The molecule has 0 bridgehead atoms. The normalized spacial score (nSPS) is 15.2. The second-order valence-corrected chi connectivity index (χ2v) is 8.20. The molecule has 1 N–H and O–H groups in total. The van der Waals surface area contributed by atoms with Crippen molar-refractivity contribution >= 4 is 22.8 Å². The minimum absolute atomic E-state index is 0.130. The molecule has 4 heterocycles. The lowest BCUT2D eigenvalue weighted by Crippen LogP contribution is -2.34. The van der Waals surface area contributed by atoms with Gasteiger partial charge in [0, 0.05) is 42.9 Å². The van der Waals surface area contributed by atoms with Crippen LogP contribution in [0.5, 0.6) is 0 Å². The van der Waals surface area contributed by atoms with E-state index in [2.05, 4.69) is 30.3 Å². The highest BCUT2D eigenvalue weighted by Crippen LogP contribution is 2.28. The van der Waals surface area contributed by atoms with E-state index in [1.165, 1.54) is 6.26 Å². The van der Waals surface area contributed by atoms with Crippen LogP contribution in [-0.2, 0) is 7.05 Å². The number of carbonyl (C=O) groups excluding carboxylic acids is 1. The van der Waals surface area contributed by atoms with Gasteiger partial charge in [-0.25, -0.2) is 19.3 Å². The number of anilines is 1. The molecule has 1 amide bonds. The average Bonchev–Trinajstić information content (AvgIpc) is 3.49. The van der Waals surface area contributed by atoms with E-state index in [0.717, 1.165) is 42.4 Å². The third kappa shape index (κ3) is 4.61. The van der Waals surface area contributed by atoms with Crippen molar-refractivity contribution in [3.05, 3.63) is 54.6 Å². The molecule has 9 nitrogen and oxygen atoms in total. The van der Waals surface area contributed by atoms with Gasteiger partial charge in [-0.15, -0.1) is 0 Å². The Balaban J connectivity index is 1.28. The number of hydrogen-bond acceptors (Lipinski definition) is 7. The molecular weight excluding hydrogens is 425 g/mol. The first-order valence-electron chi connectivity index (χ1n) is 10.9. The topological polar surface area (TPSA) is 102 Å². The summed E-state index contributed by atoms with van der Waals surface area (Å²) in [6.45, 7) is 1.71. The number of aromatic nitrogens is 5. The fourth-order valence-electron chi connectivity index (χ4n) is 4.10. The lowest BCUT2D eigenvalue weighted by molar-refractivity contribution is 0.102. The van der Waals surface area contributed by atoms with Gasteiger partial charge >= 0.3 is 0 Å². The van der Waals surface area contributed by atoms with Crippen molar-refractivity contribution in [3.8, 4) is 11.1 Å². The van der Waals surface area contributed by atoms with E-state index in [0.29, 0.717) is 18.0 Å². The molecule has 1 aromatic carbocycles. The predicted octanol–water partition coefficient (Wildman–Crippen LogP) is 3.42. The predicted molar refractivity (Wildman–Crippen MR) is 121 cm³/mol. The largest absolute Gasteiger partial charge is 0.448 e. The summed E-state index contributed by atoms with van der Waals surface area (Å²) >= 11 is 0. The molecule has 0 atom stereocenters. The van der Waals surface area contributed by atoms with E-state index in [4.69, 9.17) is 4.42 Å². The van der Waals surface area contributed by atoms with Gasteiger partial charge in [-0.2, -0.15) is 5.10 Å². The quantitative estimate of drug-likeness (QED) is 0.481. The van der Waals surface area contributed by atoms with Crippen LogP contribution in [0, 0.1) is 0 Å². The Morgan fingerprint density at radius 3 is 2.82 bits per heavy atom. The third-order valence-electron chi connectivity index (χ3n) is 5.94. The van der Waals surface area contributed by atoms with Gasteiger partial charge in [0.1, 0.15) is 12.9 Å². The van der Waals surface area contributed by atoms with Gasteiger partial charge in [-0.05, 0) is 37.6 Å². The van der Waals surface area contributed by atoms with Crippen molar-refractivity contribution in [3.63, 3.8) is 0 Å². The Morgan fingerprint density at radius 1 is 1.21 bits per heavy atom. The van der Waals surface area contributed by atoms with E-state index in [-0.39, 0.29) is 24.2 Å². The number of halogens is 1. The van der Waals surface area contributed by atoms with Crippen LogP contribution in [0.25, 0.3) is 22.0 Å². The standard InChI is InChI=1S/C23H24FN7O2/c1-30-13-18(12-26-30)16-2-3-17-11-25-23(28-19(17)10-16)29-21(32)20-14-33-22(27-20)15-4-7-31(8-5-15)9-6-24/h2-3,10-15H,4-9H2,1H3,(H,25,28,29,32). The molecule has 10 heteroatoms. The van der Waals surface area contributed by atoms with E-state index in [1.807, 2.05) is 31.4 Å². The molecule has 1 saturated heterocycles. The van der Waals surface area contributed by atoms with Crippen LogP contribution < -0.4 is 5.32 Å². The van der Waals surface area contributed by atoms with E-state index < -0.39 is 5.91 Å². The molecule has 3 aromatic heterocycles. The summed E-state index contributed by atoms with van der Waals surface area (Å²) in [6, 6.07) is 5.86. The van der Waals surface area contributed by atoms with Crippen molar-refractivity contribution in [1.82, 2.24) is 29.6 Å². The lowest BCUT2D eigenvalue weighted by atomic mass is 9.97. The van der Waals surface area contributed by atoms with Crippen LogP contribution in [0.3, 0.4) is 0 Å². The Labute approximate surface area is 189 Å². The maximum atomic E-state index is 12.7. The van der Waals surface area contributed by atoms with E-state index in [9.17, 15) is 9.18 Å². The molecule has 33 heavy (non-hydrogen) atoms. The number of amides is 1. The summed E-state index contributed by atoms with van der Waals surface area (Å²) in [7, 11) is 1.87. The fourth-order valence-corrected chi connectivity index (χ4v) is 4.10. The van der Waals surface area contributed by atoms with Gasteiger partial charge in [0.15, 0.2) is 11.6 Å². The molecule has 4 aromatic rings. The third-order valence-corrected chi connectivity index (χ3v) is 5.94. The second-order valence-electron chi connectivity index (χ2n) is 8.20. The summed E-state index contributed by atoms with van der Waals surface area (Å²) in [5.41, 5.74) is 2.85. The number of benzene rings is 1. The number of oxazole rings is 1. The van der Waals surface area contributed by atoms with Crippen molar-refractivity contribution in [2.75, 3.05) is 31.6 Å². The summed E-state index contributed by atoms with van der Waals surface area (Å²) in [6.07, 6.45) is 8.41. The number of fused-ring (bicyclic) bond motifs is 1. The van der Waals surface area contributed by atoms with Gasteiger partial charge in [0.2, 0.25) is 5.95 Å². The molecule has 1 aliphatic rings. The van der Waals surface area contributed by atoms with Crippen LogP contribution >= 0.6 is 0 Å². The highest BCUT2D eigenvalue weighted by molar-refractivity contribution is 6.02. The van der Waals surface area contributed by atoms with E-state index >= 15 is 0 Å². The number of piperidine rings is 1. The molecular formula is C23H24FN7O2. The Kier molecular flexibility index (Phi) is 5.82. The maximum absolute atomic E-state index is 12.7. The zero-order valence-electron chi connectivity index (χ0n) is 18.2. The molecule has 1 fully saturated rings. The van der Waals surface area contributed by atoms with Gasteiger partial charge in [-0.3, -0.25) is 14.8 Å². The number of aryl methyl sites for hydroxylation is 1. The van der Waals surface area contributed by atoms with Gasteiger partial charge in [0.25, 0.3) is 5.91 Å². The van der Waals surface area contributed by atoms with Crippen LogP contribution in [0.2, 0.25) is 0 Å². The number of alkyl halides is 1. The smallest absolute Gasteiger partial charge is 0.279 e.